The van der Waals surface area contributed by atoms with E-state index in [0.29, 0.717) is 0 Å². The van der Waals surface area contributed by atoms with Gasteiger partial charge >= 0.3 is 34.5 Å². The first kappa shape index (κ1) is 13.3. The summed E-state index contributed by atoms with van der Waals surface area (Å²) in [7, 11) is 9.67. The van der Waals surface area contributed by atoms with E-state index in [1.807, 2.05) is 0 Å². The van der Waals surface area contributed by atoms with E-state index < -0.39 is 0 Å². The molecule has 0 radical (unpaired) electrons. The molecular weight excluding hydrogens is 342 g/mol. The van der Waals surface area contributed by atoms with Crippen molar-refractivity contribution in [2.45, 2.75) is 12.8 Å². The normalized spacial score (nSPS) is 22.2. The Bertz CT molecular complexity index is 267. The fourth-order valence-electron chi connectivity index (χ4n) is 2.32. The SMILES string of the molecule is C1=CC2C=C[C-]1C2.C1=CC2C=C[C-]1C2.[Cl][Rh][Cl]. The van der Waals surface area contributed by atoms with Crippen molar-refractivity contribution >= 4 is 19.4 Å². The van der Waals surface area contributed by atoms with Crippen LogP contribution in [0.5, 0.6) is 0 Å². The van der Waals surface area contributed by atoms with Crippen molar-refractivity contribution in [1.82, 2.24) is 0 Å². The van der Waals surface area contributed by atoms with Crippen LogP contribution in [0.1, 0.15) is 12.8 Å². The van der Waals surface area contributed by atoms with Crippen molar-refractivity contribution in [3.8, 4) is 0 Å². The Labute approximate surface area is 119 Å². The summed E-state index contributed by atoms with van der Waals surface area (Å²) >= 11 is -0.226. The average molecular weight is 356 g/mol. The van der Waals surface area contributed by atoms with Crippen LogP contribution in [0.3, 0.4) is 0 Å². The zero-order chi connectivity index (χ0) is 12.1. The Morgan fingerprint density at radius 1 is 0.765 bits per heavy atom. The molecule has 95 valence electrons. The van der Waals surface area contributed by atoms with Gasteiger partial charge in [0.25, 0.3) is 0 Å². The predicted octanol–water partition coefficient (Wildman–Crippen LogP) is 4.79. The molecular formula is C14H14Cl2Rh-2. The molecule has 0 amide bonds. The second kappa shape index (κ2) is 6.73. The zero-order valence-electron chi connectivity index (χ0n) is 9.28. The van der Waals surface area contributed by atoms with Gasteiger partial charge in [0.05, 0.1) is 0 Å². The van der Waals surface area contributed by atoms with Gasteiger partial charge in [-0.05, 0) is 0 Å². The van der Waals surface area contributed by atoms with Gasteiger partial charge in [-0.3, -0.25) is 0 Å². The molecule has 0 unspecified atom stereocenters. The molecule has 0 nitrogen and oxygen atoms in total. The van der Waals surface area contributed by atoms with Crippen molar-refractivity contribution in [3.63, 3.8) is 0 Å². The molecule has 4 aliphatic rings. The molecule has 0 aromatic carbocycles. The van der Waals surface area contributed by atoms with Gasteiger partial charge in [-0.2, -0.15) is 60.4 Å². The molecule has 0 heterocycles. The van der Waals surface area contributed by atoms with E-state index in [1.165, 1.54) is 24.7 Å². The second-order valence-corrected chi connectivity index (χ2v) is 6.86. The molecule has 0 saturated heterocycles. The molecule has 4 rings (SSSR count). The zero-order valence-corrected chi connectivity index (χ0v) is 12.4. The van der Waals surface area contributed by atoms with Gasteiger partial charge in [-0.1, -0.05) is 12.8 Å². The van der Waals surface area contributed by atoms with E-state index in [1.54, 1.807) is 0 Å². The van der Waals surface area contributed by atoms with E-state index in [2.05, 4.69) is 48.6 Å². The van der Waals surface area contributed by atoms with Gasteiger partial charge in [-0.25, -0.2) is 0 Å². The van der Waals surface area contributed by atoms with Crippen LogP contribution in [-0.2, 0) is 15.1 Å². The van der Waals surface area contributed by atoms with Gasteiger partial charge in [0.15, 0.2) is 0 Å². The number of allylic oxidation sites excluding steroid dienone is 8. The summed E-state index contributed by atoms with van der Waals surface area (Å²) in [6.07, 6.45) is 20.4. The molecule has 0 fully saturated rings. The summed E-state index contributed by atoms with van der Waals surface area (Å²) in [5.74, 6) is 4.56. The van der Waals surface area contributed by atoms with E-state index in [4.69, 9.17) is 19.4 Å². The molecule has 0 aromatic heterocycles. The van der Waals surface area contributed by atoms with Gasteiger partial charge in [-0.15, -0.1) is 11.8 Å². The van der Waals surface area contributed by atoms with Gasteiger partial charge in [0.2, 0.25) is 0 Å². The maximum atomic E-state index is 4.83. The van der Waals surface area contributed by atoms with Gasteiger partial charge < -0.3 is 0 Å². The molecule has 0 aromatic rings. The Morgan fingerprint density at radius 2 is 1.06 bits per heavy atom. The second-order valence-electron chi connectivity index (χ2n) is 4.37. The summed E-state index contributed by atoms with van der Waals surface area (Å²) in [6.45, 7) is 0. The molecule has 0 atom stereocenters. The van der Waals surface area contributed by atoms with Crippen LogP contribution in [0.4, 0.5) is 0 Å². The topological polar surface area (TPSA) is 0 Å². The third-order valence-electron chi connectivity index (χ3n) is 3.17. The number of fused-ring (bicyclic) bond motifs is 4. The van der Waals surface area contributed by atoms with E-state index in [9.17, 15) is 0 Å². The summed E-state index contributed by atoms with van der Waals surface area (Å²) < 4.78 is 0. The third kappa shape index (κ3) is 3.95. The molecule has 4 bridgehead atoms. The van der Waals surface area contributed by atoms with Crippen LogP contribution in [0.25, 0.3) is 0 Å². The first-order chi connectivity index (χ1) is 8.31. The van der Waals surface area contributed by atoms with E-state index >= 15 is 0 Å². The molecule has 0 N–H and O–H groups in total. The van der Waals surface area contributed by atoms with Crippen LogP contribution in [0.2, 0.25) is 0 Å². The van der Waals surface area contributed by atoms with Crippen molar-refractivity contribution in [2.75, 3.05) is 0 Å². The third-order valence-corrected chi connectivity index (χ3v) is 3.17. The number of hydrogen-bond acceptors (Lipinski definition) is 0. The van der Waals surface area contributed by atoms with Crippen LogP contribution in [0.15, 0.2) is 48.6 Å². The van der Waals surface area contributed by atoms with E-state index in [-0.39, 0.29) is 15.1 Å². The van der Waals surface area contributed by atoms with Crippen LogP contribution >= 0.6 is 19.4 Å². The minimum atomic E-state index is -0.226. The Kier molecular flexibility index (Phi) is 5.28. The quantitative estimate of drug-likeness (QED) is 0.433. The van der Waals surface area contributed by atoms with Crippen LogP contribution < -0.4 is 0 Å². The summed E-state index contributed by atoms with van der Waals surface area (Å²) in [6, 6.07) is 0. The molecule has 3 heteroatoms. The van der Waals surface area contributed by atoms with Crippen molar-refractivity contribution in [3.05, 3.63) is 60.4 Å². The fraction of sp³-hybridized carbons (Fsp3) is 0.286. The maximum absolute atomic E-state index is 4.83. The number of hydrogen-bond donors (Lipinski definition) is 0. The average Bonchev–Trinajstić information content (AvgIpc) is 3.13. The molecule has 4 aliphatic carbocycles. The standard InChI is InChI=1S/2C7H7.2ClH.Rh/c2*1-2-7-4-3-6(1)5-7;;;/h2*1-4,6H,5H2;2*1H;/q2*-1;;;+2/p-2. The Hall–Kier alpha value is -0.0966. The summed E-state index contributed by atoms with van der Waals surface area (Å²) in [4.78, 5) is 0. The van der Waals surface area contributed by atoms with Gasteiger partial charge in [0, 0.05) is 0 Å². The number of rotatable bonds is 0. The van der Waals surface area contributed by atoms with Crippen molar-refractivity contribution in [1.29, 1.82) is 0 Å². The van der Waals surface area contributed by atoms with Gasteiger partial charge in [0.1, 0.15) is 0 Å². The number of halogens is 2. The van der Waals surface area contributed by atoms with Crippen molar-refractivity contribution < 1.29 is 15.1 Å². The predicted molar refractivity (Wildman–Crippen MR) is 71.0 cm³/mol. The first-order valence-electron chi connectivity index (χ1n) is 5.60. The molecule has 0 aliphatic heterocycles. The van der Waals surface area contributed by atoms with Crippen LogP contribution in [0, 0.1) is 23.7 Å². The minimum absolute atomic E-state index is 0.226. The Morgan fingerprint density at radius 3 is 1.12 bits per heavy atom. The summed E-state index contributed by atoms with van der Waals surface area (Å²) in [5.41, 5.74) is 0. The monoisotopic (exact) mass is 355 g/mol. The fourth-order valence-corrected chi connectivity index (χ4v) is 2.32. The van der Waals surface area contributed by atoms with E-state index in [0.717, 1.165) is 11.8 Å². The molecule has 0 spiro atoms. The van der Waals surface area contributed by atoms with Crippen LogP contribution in [-0.4, -0.2) is 0 Å². The van der Waals surface area contributed by atoms with Crippen molar-refractivity contribution in [2.24, 2.45) is 11.8 Å². The Balaban J connectivity index is 0.000000105. The molecule has 17 heavy (non-hydrogen) atoms. The summed E-state index contributed by atoms with van der Waals surface area (Å²) in [5, 5.41) is 0. The first-order valence-corrected chi connectivity index (χ1v) is 9.82. The molecule has 0 saturated carbocycles.